The molecular weight excluding hydrogens is 376 g/mol. The van der Waals surface area contributed by atoms with Crippen LogP contribution in [0.1, 0.15) is 96.3 Å². The maximum absolute atomic E-state index is 11.4. The number of hydrogen-bond acceptors (Lipinski definition) is 3. The van der Waals surface area contributed by atoms with E-state index in [0.717, 1.165) is 31.1 Å². The zero-order valence-electron chi connectivity index (χ0n) is 18.2. The summed E-state index contributed by atoms with van der Waals surface area (Å²) in [4.78, 5) is 12.7. The van der Waals surface area contributed by atoms with Gasteiger partial charge < -0.3 is 9.53 Å². The predicted octanol–water partition coefficient (Wildman–Crippen LogP) is 7.84. The van der Waals surface area contributed by atoms with Gasteiger partial charge in [-0.3, -0.25) is 0 Å². The van der Waals surface area contributed by atoms with E-state index < -0.39 is 0 Å². The molecule has 1 aromatic rings. The Labute approximate surface area is 182 Å². The fraction of sp³-hybridized carbons (Fsp3) is 0.731. The molecule has 0 bridgehead atoms. The molecule has 3 heteroatoms. The molecule has 1 aromatic carbocycles. The van der Waals surface area contributed by atoms with E-state index in [1.165, 1.54) is 94.7 Å². The lowest BCUT2D eigenvalue weighted by molar-refractivity contribution is -0.111. The molecule has 0 spiro atoms. The summed E-state index contributed by atoms with van der Waals surface area (Å²) in [5.74, 6) is 1.98. The van der Waals surface area contributed by atoms with Gasteiger partial charge in [0.05, 0.1) is 6.61 Å². The Morgan fingerprint density at radius 1 is 0.793 bits per heavy atom. The van der Waals surface area contributed by atoms with Crippen LogP contribution >= 0.6 is 11.8 Å². The molecule has 2 nitrogen and oxygen atoms in total. The van der Waals surface area contributed by atoms with E-state index in [1.54, 1.807) is 0 Å². The Bertz CT molecular complexity index is 561. The first-order chi connectivity index (χ1) is 14.3. The highest BCUT2D eigenvalue weighted by atomic mass is 32.2. The lowest BCUT2D eigenvalue weighted by Crippen LogP contribution is -2.12. The van der Waals surface area contributed by atoms with Gasteiger partial charge in [-0.25, -0.2) is 0 Å². The average molecular weight is 417 g/mol. The molecule has 2 atom stereocenters. The molecule has 0 radical (unpaired) electrons. The minimum atomic E-state index is 0.251. The van der Waals surface area contributed by atoms with E-state index in [4.69, 9.17) is 4.74 Å². The van der Waals surface area contributed by atoms with Crippen LogP contribution in [0.5, 0.6) is 5.75 Å². The third kappa shape index (κ3) is 8.74. The summed E-state index contributed by atoms with van der Waals surface area (Å²) in [6.45, 7) is 0.871. The van der Waals surface area contributed by atoms with Crippen molar-refractivity contribution in [2.75, 3.05) is 6.61 Å². The van der Waals surface area contributed by atoms with Gasteiger partial charge in [-0.1, -0.05) is 64.2 Å². The Kier molecular flexibility index (Phi) is 10.5. The first-order valence-corrected chi connectivity index (χ1v) is 13.1. The van der Waals surface area contributed by atoms with Crippen LogP contribution in [0.15, 0.2) is 29.2 Å². The van der Waals surface area contributed by atoms with Crippen molar-refractivity contribution in [3.05, 3.63) is 24.3 Å². The highest BCUT2D eigenvalue weighted by Crippen LogP contribution is 2.34. The van der Waals surface area contributed by atoms with Crippen molar-refractivity contribution < 1.29 is 9.53 Å². The van der Waals surface area contributed by atoms with E-state index in [2.05, 4.69) is 24.3 Å². The number of rotatable bonds is 6. The van der Waals surface area contributed by atoms with Crippen molar-refractivity contribution in [2.45, 2.75) is 106 Å². The maximum Gasteiger partial charge on any atom is 0.123 e. The molecule has 0 amide bonds. The van der Waals surface area contributed by atoms with Crippen LogP contribution in [-0.2, 0) is 4.79 Å². The summed E-state index contributed by atoms with van der Waals surface area (Å²) in [7, 11) is 0. The summed E-state index contributed by atoms with van der Waals surface area (Å²) in [6, 6.07) is 8.71. The lowest BCUT2D eigenvalue weighted by Gasteiger charge is -2.19. The number of benzene rings is 1. The molecule has 0 aliphatic heterocycles. The van der Waals surface area contributed by atoms with Gasteiger partial charge >= 0.3 is 0 Å². The van der Waals surface area contributed by atoms with Crippen LogP contribution < -0.4 is 4.74 Å². The number of hydrogen-bond donors (Lipinski definition) is 0. The second-order valence-corrected chi connectivity index (χ2v) is 10.6. The third-order valence-electron chi connectivity index (χ3n) is 6.70. The molecule has 0 saturated heterocycles. The van der Waals surface area contributed by atoms with Crippen LogP contribution in [0, 0.1) is 11.8 Å². The second-order valence-electron chi connectivity index (χ2n) is 9.21. The largest absolute Gasteiger partial charge is 0.493 e. The number of ether oxygens (including phenoxy) is 1. The van der Waals surface area contributed by atoms with Gasteiger partial charge in [-0.2, -0.15) is 0 Å². The second kappa shape index (κ2) is 13.4. The zero-order chi connectivity index (χ0) is 20.2. The third-order valence-corrected chi connectivity index (χ3v) is 8.00. The van der Waals surface area contributed by atoms with Gasteiger partial charge in [-0.15, -0.1) is 11.8 Å². The van der Waals surface area contributed by atoms with Crippen molar-refractivity contribution in [1.29, 1.82) is 0 Å². The van der Waals surface area contributed by atoms with Crippen LogP contribution in [0.25, 0.3) is 0 Å². The molecule has 2 saturated carbocycles. The predicted molar refractivity (Wildman–Crippen MR) is 124 cm³/mol. The Morgan fingerprint density at radius 3 is 2.03 bits per heavy atom. The van der Waals surface area contributed by atoms with Gasteiger partial charge in [0.1, 0.15) is 12.0 Å². The van der Waals surface area contributed by atoms with E-state index in [0.29, 0.717) is 5.25 Å². The Hall–Kier alpha value is -0.960. The molecule has 29 heavy (non-hydrogen) atoms. The number of carbonyl (C=O) groups is 1. The Morgan fingerprint density at radius 2 is 1.38 bits per heavy atom. The smallest absolute Gasteiger partial charge is 0.123 e. The monoisotopic (exact) mass is 416 g/mol. The summed E-state index contributed by atoms with van der Waals surface area (Å²) in [6.07, 6.45) is 20.7. The van der Waals surface area contributed by atoms with Gasteiger partial charge in [0.15, 0.2) is 0 Å². The maximum atomic E-state index is 11.4. The normalized spacial score (nSPS) is 25.5. The minimum Gasteiger partial charge on any atom is -0.493 e. The minimum absolute atomic E-state index is 0.251. The quantitative estimate of drug-likeness (QED) is 0.442. The van der Waals surface area contributed by atoms with E-state index >= 15 is 0 Å². The molecule has 2 aliphatic rings. The molecular formula is C26H40O2S. The van der Waals surface area contributed by atoms with Gasteiger partial charge in [0, 0.05) is 16.1 Å². The van der Waals surface area contributed by atoms with Gasteiger partial charge in [-0.05, 0) is 62.3 Å². The topological polar surface area (TPSA) is 26.3 Å². The zero-order valence-corrected chi connectivity index (χ0v) is 19.0. The summed E-state index contributed by atoms with van der Waals surface area (Å²) in [5.41, 5.74) is 0. The average Bonchev–Trinajstić information content (AvgIpc) is 2.95. The van der Waals surface area contributed by atoms with Gasteiger partial charge in [0.2, 0.25) is 0 Å². The summed E-state index contributed by atoms with van der Waals surface area (Å²) in [5, 5.41) is 0.564. The van der Waals surface area contributed by atoms with Crippen molar-refractivity contribution in [2.24, 2.45) is 11.8 Å². The van der Waals surface area contributed by atoms with Crippen LogP contribution in [0.4, 0.5) is 0 Å². The molecule has 2 aliphatic carbocycles. The van der Waals surface area contributed by atoms with Crippen molar-refractivity contribution in [3.63, 3.8) is 0 Å². The molecule has 0 heterocycles. The first-order valence-electron chi connectivity index (χ1n) is 12.2. The van der Waals surface area contributed by atoms with E-state index in [1.807, 2.05) is 11.8 Å². The van der Waals surface area contributed by atoms with Crippen molar-refractivity contribution in [3.8, 4) is 5.75 Å². The number of aldehydes is 1. The highest BCUT2D eigenvalue weighted by molar-refractivity contribution is 8.00. The summed E-state index contributed by atoms with van der Waals surface area (Å²) < 4.78 is 6.16. The van der Waals surface area contributed by atoms with Crippen molar-refractivity contribution in [1.82, 2.24) is 0 Å². The molecule has 2 fully saturated rings. The van der Waals surface area contributed by atoms with Crippen LogP contribution in [-0.4, -0.2) is 18.1 Å². The van der Waals surface area contributed by atoms with E-state index in [-0.39, 0.29) is 5.92 Å². The SMILES string of the molecule is O=CC1CCCCCCC(Sc2ccc(OCC3CCCCCCCC3)cc2)C1. The molecule has 3 rings (SSSR count). The Balaban J connectivity index is 1.47. The van der Waals surface area contributed by atoms with E-state index in [9.17, 15) is 4.79 Å². The van der Waals surface area contributed by atoms with Gasteiger partial charge in [0.25, 0.3) is 0 Å². The number of thioether (sulfide) groups is 1. The summed E-state index contributed by atoms with van der Waals surface area (Å²) >= 11 is 1.96. The highest BCUT2D eigenvalue weighted by Gasteiger charge is 2.19. The fourth-order valence-electron chi connectivity index (χ4n) is 4.84. The lowest BCUT2D eigenvalue weighted by atomic mass is 9.98. The molecule has 0 aromatic heterocycles. The molecule has 0 N–H and O–H groups in total. The molecule has 162 valence electrons. The standard InChI is InChI=1S/C26H40O2S/c27-20-23-13-9-5-6-10-14-26(19-23)29-25-17-15-24(16-18-25)28-21-22-11-7-3-1-2-4-8-12-22/h15-18,20,22-23,26H,1-14,19,21H2. The molecule has 2 unspecified atom stereocenters. The van der Waals surface area contributed by atoms with Crippen molar-refractivity contribution >= 4 is 18.0 Å². The van der Waals surface area contributed by atoms with Crippen LogP contribution in [0.2, 0.25) is 0 Å². The fourth-order valence-corrected chi connectivity index (χ4v) is 6.15. The first kappa shape index (κ1) is 22.7. The van der Waals surface area contributed by atoms with Crippen LogP contribution in [0.3, 0.4) is 0 Å². The number of carbonyl (C=O) groups excluding carboxylic acids is 1.